The maximum Gasteiger partial charge on any atom is 0.306 e. The first-order valence-electron chi connectivity index (χ1n) is 6.71. The van der Waals surface area contributed by atoms with Crippen LogP contribution in [0.5, 0.6) is 0 Å². The summed E-state index contributed by atoms with van der Waals surface area (Å²) < 4.78 is 5.25. The highest BCUT2D eigenvalue weighted by atomic mass is 16.6. The third kappa shape index (κ3) is 11.4. The van der Waals surface area contributed by atoms with Crippen LogP contribution in [0.4, 0.5) is 0 Å². The van der Waals surface area contributed by atoms with Crippen molar-refractivity contribution in [3.05, 3.63) is 23.3 Å². The second-order valence-electron chi connectivity index (χ2n) is 6.00. The summed E-state index contributed by atoms with van der Waals surface area (Å²) in [6, 6.07) is 0. The average Bonchev–Trinajstić information content (AvgIpc) is 2.13. The van der Waals surface area contributed by atoms with E-state index in [2.05, 4.69) is 32.9 Å². The lowest BCUT2D eigenvalue weighted by Crippen LogP contribution is -2.23. The number of hydrogen-bond donors (Lipinski definition) is 0. The maximum atomic E-state index is 11.5. The zero-order valence-corrected chi connectivity index (χ0v) is 12.8. The second-order valence-corrected chi connectivity index (χ2v) is 6.00. The van der Waals surface area contributed by atoms with Gasteiger partial charge in [-0.3, -0.25) is 4.79 Å². The molecule has 2 heteroatoms. The van der Waals surface area contributed by atoms with Crippen LogP contribution in [0.2, 0.25) is 0 Å². The Bertz CT molecular complexity index is 312. The van der Waals surface area contributed by atoms with Gasteiger partial charge in [0.2, 0.25) is 0 Å². The van der Waals surface area contributed by atoms with Crippen molar-refractivity contribution < 1.29 is 9.53 Å². The standard InChI is InChI=1S/C16H28O2/c1-13(2)9-7-10-14(3)11-8-12-15(17)18-16(4,5)6/h9,11H,7-8,10,12H2,1-6H3/b14-11+. The van der Waals surface area contributed by atoms with Gasteiger partial charge in [-0.25, -0.2) is 0 Å². The highest BCUT2D eigenvalue weighted by Gasteiger charge is 2.15. The first kappa shape index (κ1) is 16.9. The summed E-state index contributed by atoms with van der Waals surface area (Å²) in [4.78, 5) is 11.5. The lowest BCUT2D eigenvalue weighted by atomic mass is 10.1. The minimum absolute atomic E-state index is 0.115. The Balaban J connectivity index is 3.87. The molecule has 2 nitrogen and oxygen atoms in total. The topological polar surface area (TPSA) is 26.3 Å². The van der Waals surface area contributed by atoms with Crippen LogP contribution < -0.4 is 0 Å². The van der Waals surface area contributed by atoms with Crippen molar-refractivity contribution >= 4 is 5.97 Å². The molecule has 0 aromatic rings. The Kier molecular flexibility index (Phi) is 7.65. The summed E-state index contributed by atoms with van der Waals surface area (Å²) >= 11 is 0. The van der Waals surface area contributed by atoms with Gasteiger partial charge in [0, 0.05) is 6.42 Å². The van der Waals surface area contributed by atoms with Gasteiger partial charge in [-0.1, -0.05) is 23.3 Å². The number of esters is 1. The normalized spacial score (nSPS) is 12.2. The lowest BCUT2D eigenvalue weighted by Gasteiger charge is -2.19. The zero-order valence-electron chi connectivity index (χ0n) is 12.8. The number of carbonyl (C=O) groups is 1. The van der Waals surface area contributed by atoms with E-state index in [1.807, 2.05) is 20.8 Å². The molecule has 0 saturated carbocycles. The van der Waals surface area contributed by atoms with Crippen LogP contribution in [0.1, 0.15) is 67.2 Å². The smallest absolute Gasteiger partial charge is 0.306 e. The number of rotatable bonds is 6. The molecular weight excluding hydrogens is 224 g/mol. The third-order valence-electron chi connectivity index (χ3n) is 2.35. The molecule has 0 aliphatic carbocycles. The summed E-state index contributed by atoms with van der Waals surface area (Å²) in [5, 5.41) is 0. The van der Waals surface area contributed by atoms with Crippen LogP contribution in [0.15, 0.2) is 23.3 Å². The number of ether oxygens (including phenoxy) is 1. The van der Waals surface area contributed by atoms with Gasteiger partial charge in [-0.05, 0) is 60.8 Å². The van der Waals surface area contributed by atoms with Gasteiger partial charge in [-0.15, -0.1) is 0 Å². The highest BCUT2D eigenvalue weighted by molar-refractivity contribution is 5.70. The average molecular weight is 252 g/mol. The van der Waals surface area contributed by atoms with Crippen LogP contribution in [-0.4, -0.2) is 11.6 Å². The summed E-state index contributed by atoms with van der Waals surface area (Å²) in [7, 11) is 0. The molecule has 0 radical (unpaired) electrons. The first-order chi connectivity index (χ1) is 8.20. The molecule has 0 unspecified atom stereocenters. The molecule has 18 heavy (non-hydrogen) atoms. The predicted octanol–water partition coefficient (Wildman–Crippen LogP) is 4.80. The Hall–Kier alpha value is -1.05. The fourth-order valence-electron chi connectivity index (χ4n) is 1.52. The van der Waals surface area contributed by atoms with E-state index < -0.39 is 0 Å². The van der Waals surface area contributed by atoms with E-state index in [1.54, 1.807) is 0 Å². The van der Waals surface area contributed by atoms with Crippen molar-refractivity contribution in [1.29, 1.82) is 0 Å². The monoisotopic (exact) mass is 252 g/mol. The molecule has 0 fully saturated rings. The first-order valence-corrected chi connectivity index (χ1v) is 6.71. The fraction of sp³-hybridized carbons (Fsp3) is 0.688. The third-order valence-corrected chi connectivity index (χ3v) is 2.35. The molecule has 0 heterocycles. The zero-order chi connectivity index (χ0) is 14.2. The molecule has 0 aliphatic heterocycles. The molecule has 0 rings (SSSR count). The van der Waals surface area contributed by atoms with Crippen molar-refractivity contribution in [2.45, 2.75) is 72.8 Å². The van der Waals surface area contributed by atoms with E-state index in [0.29, 0.717) is 6.42 Å². The van der Waals surface area contributed by atoms with Gasteiger partial charge < -0.3 is 4.74 Å². The fourth-order valence-corrected chi connectivity index (χ4v) is 1.52. The van der Waals surface area contributed by atoms with Crippen molar-refractivity contribution in [1.82, 2.24) is 0 Å². The summed E-state index contributed by atoms with van der Waals surface area (Å²) in [6.45, 7) is 12.0. The second kappa shape index (κ2) is 8.12. The molecule has 0 spiro atoms. The molecule has 0 N–H and O–H groups in total. The minimum atomic E-state index is -0.376. The predicted molar refractivity (Wildman–Crippen MR) is 77.5 cm³/mol. The van der Waals surface area contributed by atoms with Crippen LogP contribution in [0.25, 0.3) is 0 Å². The number of carbonyl (C=O) groups excluding carboxylic acids is 1. The van der Waals surface area contributed by atoms with E-state index in [-0.39, 0.29) is 11.6 Å². The van der Waals surface area contributed by atoms with Crippen molar-refractivity contribution in [2.24, 2.45) is 0 Å². The van der Waals surface area contributed by atoms with E-state index in [0.717, 1.165) is 19.3 Å². The maximum absolute atomic E-state index is 11.5. The Morgan fingerprint density at radius 1 is 1.00 bits per heavy atom. The summed E-state index contributed by atoms with van der Waals surface area (Å²) in [6.07, 6.45) is 7.78. The summed E-state index contributed by atoms with van der Waals surface area (Å²) in [5.41, 5.74) is 2.33. The van der Waals surface area contributed by atoms with Crippen LogP contribution in [0.3, 0.4) is 0 Å². The molecule has 0 aromatic carbocycles. The SMILES string of the molecule is CC(C)=CCC/C(C)=C/CCC(=O)OC(C)(C)C. The van der Waals surface area contributed by atoms with E-state index in [4.69, 9.17) is 4.74 Å². The molecule has 0 atom stereocenters. The van der Waals surface area contributed by atoms with E-state index in [1.165, 1.54) is 11.1 Å². The highest BCUT2D eigenvalue weighted by Crippen LogP contribution is 2.11. The van der Waals surface area contributed by atoms with Gasteiger partial charge in [0.25, 0.3) is 0 Å². The largest absolute Gasteiger partial charge is 0.460 e. The van der Waals surface area contributed by atoms with Gasteiger partial charge in [0.1, 0.15) is 5.60 Å². The Morgan fingerprint density at radius 3 is 2.06 bits per heavy atom. The van der Waals surface area contributed by atoms with Crippen molar-refractivity contribution in [3.8, 4) is 0 Å². The quantitative estimate of drug-likeness (QED) is 0.501. The van der Waals surface area contributed by atoms with E-state index >= 15 is 0 Å². The van der Waals surface area contributed by atoms with Gasteiger partial charge in [0.15, 0.2) is 0 Å². The molecule has 0 aliphatic rings. The molecule has 0 aromatic heterocycles. The van der Waals surface area contributed by atoms with Gasteiger partial charge in [0.05, 0.1) is 0 Å². The molecule has 0 amide bonds. The Labute approximate surface area is 112 Å². The Morgan fingerprint density at radius 2 is 1.56 bits per heavy atom. The van der Waals surface area contributed by atoms with Crippen LogP contribution >= 0.6 is 0 Å². The molecule has 0 saturated heterocycles. The number of allylic oxidation sites excluding steroid dienone is 4. The van der Waals surface area contributed by atoms with E-state index in [9.17, 15) is 4.79 Å². The molecule has 0 bridgehead atoms. The van der Waals surface area contributed by atoms with Crippen LogP contribution in [-0.2, 0) is 9.53 Å². The summed E-state index contributed by atoms with van der Waals surface area (Å²) in [5.74, 6) is -0.115. The van der Waals surface area contributed by atoms with Crippen molar-refractivity contribution in [3.63, 3.8) is 0 Å². The van der Waals surface area contributed by atoms with Gasteiger partial charge >= 0.3 is 5.97 Å². The molecule has 104 valence electrons. The van der Waals surface area contributed by atoms with Crippen molar-refractivity contribution in [2.75, 3.05) is 0 Å². The molecular formula is C16H28O2. The van der Waals surface area contributed by atoms with Gasteiger partial charge in [-0.2, -0.15) is 0 Å². The van der Waals surface area contributed by atoms with Crippen LogP contribution in [0, 0.1) is 0 Å². The number of hydrogen-bond acceptors (Lipinski definition) is 2. The lowest BCUT2D eigenvalue weighted by molar-refractivity contribution is -0.154. The minimum Gasteiger partial charge on any atom is -0.460 e.